The highest BCUT2D eigenvalue weighted by molar-refractivity contribution is 6.33. The molecule has 0 aliphatic heterocycles. The SMILES string of the molecule is Cc1cc(N)c(Cl)cc1Oc1cccc(Cl)c1. The Hall–Kier alpha value is -1.38. The van der Waals surface area contributed by atoms with Gasteiger partial charge in [-0.1, -0.05) is 29.3 Å². The molecule has 0 saturated carbocycles. The molecule has 0 aromatic heterocycles. The number of nitrogen functional groups attached to an aromatic ring is 1. The van der Waals surface area contributed by atoms with Crippen LogP contribution in [0.1, 0.15) is 5.56 Å². The maximum Gasteiger partial charge on any atom is 0.131 e. The molecule has 0 heterocycles. The first-order valence-corrected chi connectivity index (χ1v) is 5.81. The summed E-state index contributed by atoms with van der Waals surface area (Å²) in [6.07, 6.45) is 0. The van der Waals surface area contributed by atoms with Crippen molar-refractivity contribution in [1.82, 2.24) is 0 Å². The van der Waals surface area contributed by atoms with Crippen molar-refractivity contribution in [2.45, 2.75) is 6.92 Å². The fourth-order valence-corrected chi connectivity index (χ4v) is 1.79. The number of hydrogen-bond acceptors (Lipinski definition) is 2. The zero-order valence-corrected chi connectivity index (χ0v) is 10.7. The highest BCUT2D eigenvalue weighted by Gasteiger charge is 2.06. The number of anilines is 1. The molecule has 0 fully saturated rings. The Labute approximate surface area is 110 Å². The molecule has 0 saturated heterocycles. The second-order valence-electron chi connectivity index (χ2n) is 3.70. The minimum absolute atomic E-state index is 0.479. The summed E-state index contributed by atoms with van der Waals surface area (Å²) in [4.78, 5) is 0. The van der Waals surface area contributed by atoms with Gasteiger partial charge in [-0.15, -0.1) is 0 Å². The van der Waals surface area contributed by atoms with Crippen molar-refractivity contribution in [1.29, 1.82) is 0 Å². The van der Waals surface area contributed by atoms with Crippen molar-refractivity contribution in [2.24, 2.45) is 0 Å². The second-order valence-corrected chi connectivity index (χ2v) is 4.54. The van der Waals surface area contributed by atoms with Crippen molar-refractivity contribution in [2.75, 3.05) is 5.73 Å². The van der Waals surface area contributed by atoms with Crippen LogP contribution in [0.3, 0.4) is 0 Å². The van der Waals surface area contributed by atoms with Gasteiger partial charge in [-0.25, -0.2) is 0 Å². The van der Waals surface area contributed by atoms with Gasteiger partial charge in [-0.3, -0.25) is 0 Å². The van der Waals surface area contributed by atoms with E-state index in [1.165, 1.54) is 0 Å². The maximum absolute atomic E-state index is 5.95. The monoisotopic (exact) mass is 267 g/mol. The summed E-state index contributed by atoms with van der Waals surface area (Å²) in [7, 11) is 0. The van der Waals surface area contributed by atoms with Gasteiger partial charge < -0.3 is 10.5 Å². The molecule has 0 radical (unpaired) electrons. The van der Waals surface area contributed by atoms with Crippen LogP contribution < -0.4 is 10.5 Å². The van der Waals surface area contributed by atoms with Crippen LogP contribution >= 0.6 is 23.2 Å². The molecule has 2 N–H and O–H groups in total. The van der Waals surface area contributed by atoms with Crippen molar-refractivity contribution >= 4 is 28.9 Å². The lowest BCUT2D eigenvalue weighted by Crippen LogP contribution is -1.92. The van der Waals surface area contributed by atoms with E-state index in [4.69, 9.17) is 33.7 Å². The molecule has 0 aliphatic carbocycles. The average Bonchev–Trinajstić information content (AvgIpc) is 2.26. The topological polar surface area (TPSA) is 35.2 Å². The third-order valence-electron chi connectivity index (χ3n) is 2.32. The predicted molar refractivity (Wildman–Crippen MR) is 72.1 cm³/mol. The van der Waals surface area contributed by atoms with E-state index >= 15 is 0 Å². The van der Waals surface area contributed by atoms with Gasteiger partial charge in [-0.2, -0.15) is 0 Å². The van der Waals surface area contributed by atoms with E-state index < -0.39 is 0 Å². The molecule has 2 rings (SSSR count). The summed E-state index contributed by atoms with van der Waals surface area (Å²) in [5, 5.41) is 1.11. The molecule has 0 unspecified atom stereocenters. The average molecular weight is 268 g/mol. The van der Waals surface area contributed by atoms with Crippen LogP contribution in [0, 0.1) is 6.92 Å². The van der Waals surface area contributed by atoms with Crippen molar-refractivity contribution in [3.63, 3.8) is 0 Å². The minimum atomic E-state index is 0.479. The molecule has 2 aromatic carbocycles. The quantitative estimate of drug-likeness (QED) is 0.803. The van der Waals surface area contributed by atoms with E-state index in [0.717, 1.165) is 5.56 Å². The van der Waals surface area contributed by atoms with Gasteiger partial charge in [0.1, 0.15) is 11.5 Å². The van der Waals surface area contributed by atoms with Gasteiger partial charge in [-0.05, 0) is 36.8 Å². The first-order chi connectivity index (χ1) is 8.06. The van der Waals surface area contributed by atoms with Crippen LogP contribution in [-0.4, -0.2) is 0 Å². The Balaban J connectivity index is 2.33. The number of nitrogens with two attached hydrogens (primary N) is 1. The molecule has 88 valence electrons. The van der Waals surface area contributed by atoms with Crippen LogP contribution in [0.25, 0.3) is 0 Å². The highest BCUT2D eigenvalue weighted by Crippen LogP contribution is 2.32. The van der Waals surface area contributed by atoms with Gasteiger partial charge in [0.15, 0.2) is 0 Å². The van der Waals surface area contributed by atoms with Crippen LogP contribution in [-0.2, 0) is 0 Å². The molecule has 0 spiro atoms. The molecular formula is C13H11Cl2NO. The Morgan fingerprint density at radius 1 is 1.12 bits per heavy atom. The van der Waals surface area contributed by atoms with E-state index in [9.17, 15) is 0 Å². The summed E-state index contributed by atoms with van der Waals surface area (Å²) >= 11 is 11.8. The summed E-state index contributed by atoms with van der Waals surface area (Å²) in [5.74, 6) is 1.34. The minimum Gasteiger partial charge on any atom is -0.457 e. The van der Waals surface area contributed by atoms with Crippen LogP contribution in [0.15, 0.2) is 36.4 Å². The molecule has 0 bridgehead atoms. The molecule has 17 heavy (non-hydrogen) atoms. The highest BCUT2D eigenvalue weighted by atomic mass is 35.5. The predicted octanol–water partition coefficient (Wildman–Crippen LogP) is 4.68. The lowest BCUT2D eigenvalue weighted by molar-refractivity contribution is 0.479. The summed E-state index contributed by atoms with van der Waals surface area (Å²) in [6.45, 7) is 1.91. The number of halogens is 2. The van der Waals surface area contributed by atoms with E-state index in [0.29, 0.717) is 27.2 Å². The number of hydrogen-bond donors (Lipinski definition) is 1. The largest absolute Gasteiger partial charge is 0.457 e. The van der Waals surface area contributed by atoms with Crippen molar-refractivity contribution in [3.8, 4) is 11.5 Å². The lowest BCUT2D eigenvalue weighted by atomic mass is 10.2. The molecule has 2 aromatic rings. The summed E-state index contributed by atoms with van der Waals surface area (Å²) < 4.78 is 5.70. The number of aryl methyl sites for hydroxylation is 1. The fourth-order valence-electron chi connectivity index (χ4n) is 1.45. The van der Waals surface area contributed by atoms with E-state index in [1.54, 1.807) is 24.3 Å². The van der Waals surface area contributed by atoms with Gasteiger partial charge in [0.05, 0.1) is 10.7 Å². The van der Waals surface area contributed by atoms with Crippen molar-refractivity contribution in [3.05, 3.63) is 52.0 Å². The third-order valence-corrected chi connectivity index (χ3v) is 2.88. The lowest BCUT2D eigenvalue weighted by Gasteiger charge is -2.10. The maximum atomic E-state index is 5.95. The van der Waals surface area contributed by atoms with Gasteiger partial charge in [0.2, 0.25) is 0 Å². The Bertz CT molecular complexity index is 555. The van der Waals surface area contributed by atoms with Gasteiger partial charge in [0, 0.05) is 11.1 Å². The first kappa shape index (κ1) is 12.1. The number of rotatable bonds is 2. The molecule has 0 amide bonds. The van der Waals surface area contributed by atoms with Crippen molar-refractivity contribution < 1.29 is 4.74 Å². The normalized spacial score (nSPS) is 10.3. The Morgan fingerprint density at radius 2 is 1.88 bits per heavy atom. The Kier molecular flexibility index (Phi) is 3.46. The van der Waals surface area contributed by atoms with E-state index in [2.05, 4.69) is 0 Å². The van der Waals surface area contributed by atoms with Gasteiger partial charge in [0.25, 0.3) is 0 Å². The molecule has 2 nitrogen and oxygen atoms in total. The zero-order valence-electron chi connectivity index (χ0n) is 9.21. The standard InChI is InChI=1S/C13H11Cl2NO/c1-8-5-12(16)11(15)7-13(8)17-10-4-2-3-9(14)6-10/h2-7H,16H2,1H3. The molecule has 4 heteroatoms. The third kappa shape index (κ3) is 2.84. The second kappa shape index (κ2) is 4.86. The fraction of sp³-hybridized carbons (Fsp3) is 0.0769. The summed E-state index contributed by atoms with van der Waals surface area (Å²) in [6, 6.07) is 10.7. The van der Waals surface area contributed by atoms with Gasteiger partial charge >= 0.3 is 0 Å². The van der Waals surface area contributed by atoms with Crippen LogP contribution in [0.5, 0.6) is 11.5 Å². The van der Waals surface area contributed by atoms with Crippen LogP contribution in [0.4, 0.5) is 5.69 Å². The van der Waals surface area contributed by atoms with E-state index in [-0.39, 0.29) is 0 Å². The van der Waals surface area contributed by atoms with Crippen LogP contribution in [0.2, 0.25) is 10.0 Å². The van der Waals surface area contributed by atoms with E-state index in [1.807, 2.05) is 19.1 Å². The summed E-state index contributed by atoms with van der Waals surface area (Å²) in [5.41, 5.74) is 7.17. The smallest absolute Gasteiger partial charge is 0.131 e. The first-order valence-electron chi connectivity index (χ1n) is 5.05. The molecule has 0 aliphatic rings. The zero-order chi connectivity index (χ0) is 12.4. The number of ether oxygens (including phenoxy) is 1. The molecular weight excluding hydrogens is 257 g/mol. The molecule has 0 atom stereocenters. The Morgan fingerprint density at radius 3 is 2.59 bits per heavy atom. The number of benzene rings is 2.